The molecule has 2 aliphatic rings. The highest BCUT2D eigenvalue weighted by atomic mass is 32.2. The molecule has 0 bridgehead atoms. The predicted molar refractivity (Wildman–Crippen MR) is 143 cm³/mol. The van der Waals surface area contributed by atoms with Crippen molar-refractivity contribution in [3.63, 3.8) is 0 Å². The molecule has 0 saturated carbocycles. The predicted octanol–water partition coefficient (Wildman–Crippen LogP) is 7.98. The van der Waals surface area contributed by atoms with Crippen LogP contribution in [0.3, 0.4) is 0 Å². The molecule has 1 aromatic heterocycles. The van der Waals surface area contributed by atoms with Crippen molar-refractivity contribution < 1.29 is 9.59 Å². The molecular formula is C29H28O2S2. The molecule has 4 heteroatoms. The highest BCUT2D eigenvalue weighted by Crippen LogP contribution is 2.44. The van der Waals surface area contributed by atoms with Gasteiger partial charge < -0.3 is 0 Å². The maximum absolute atomic E-state index is 11.0. The zero-order valence-corrected chi connectivity index (χ0v) is 20.7. The molecule has 0 fully saturated rings. The number of aldehydes is 2. The highest BCUT2D eigenvalue weighted by Gasteiger charge is 2.22. The van der Waals surface area contributed by atoms with E-state index in [1.54, 1.807) is 11.8 Å². The van der Waals surface area contributed by atoms with Crippen LogP contribution in [-0.4, -0.2) is 18.8 Å². The fourth-order valence-corrected chi connectivity index (χ4v) is 6.35. The van der Waals surface area contributed by atoms with E-state index in [9.17, 15) is 9.59 Å². The summed E-state index contributed by atoms with van der Waals surface area (Å²) in [5.74, 6) is 0.301. The second-order valence-corrected chi connectivity index (χ2v) is 10.6. The summed E-state index contributed by atoms with van der Waals surface area (Å²) < 4.78 is 0. The van der Waals surface area contributed by atoms with Gasteiger partial charge in [-0.15, -0.1) is 23.1 Å². The quantitative estimate of drug-likeness (QED) is 0.288. The van der Waals surface area contributed by atoms with Crippen LogP contribution >= 0.6 is 23.1 Å². The maximum atomic E-state index is 11.0. The molecule has 1 atom stereocenters. The molecule has 1 unspecified atom stereocenters. The molecule has 2 aromatic rings. The van der Waals surface area contributed by atoms with Crippen LogP contribution in [-0.2, 0) is 4.79 Å². The summed E-state index contributed by atoms with van der Waals surface area (Å²) in [5.41, 5.74) is 7.83. The minimum absolute atomic E-state index is 0.301. The van der Waals surface area contributed by atoms with Crippen molar-refractivity contribution in [3.8, 4) is 10.4 Å². The van der Waals surface area contributed by atoms with Crippen molar-refractivity contribution in [2.45, 2.75) is 32.6 Å². The van der Waals surface area contributed by atoms with Crippen LogP contribution in [0.2, 0.25) is 0 Å². The van der Waals surface area contributed by atoms with E-state index < -0.39 is 0 Å². The average Bonchev–Trinajstić information content (AvgIpc) is 3.49. The second-order valence-electron chi connectivity index (χ2n) is 8.43. The van der Waals surface area contributed by atoms with Crippen molar-refractivity contribution >= 4 is 41.2 Å². The van der Waals surface area contributed by atoms with Gasteiger partial charge in [-0.05, 0) is 83.8 Å². The number of allylic oxidation sites excluding steroid dienone is 9. The van der Waals surface area contributed by atoms with E-state index in [-0.39, 0.29) is 0 Å². The standard InChI is InChI=1S/C29H28O2S2/c1-19(15-28(32-3)23-11-7-21(17-30)8-12-23)25-5-4-6-26(25)27-16-29(33-20(27)2)24-13-9-22(18-31)10-14-24/h7-11,13-18,23H,1,4-6,12H2,2-3H3/b28-15-. The number of carbonyl (C=O) groups excluding carboxylic acids is 2. The molecule has 2 nitrogen and oxygen atoms in total. The first-order valence-corrected chi connectivity index (χ1v) is 13.2. The smallest absolute Gasteiger partial charge is 0.150 e. The second kappa shape index (κ2) is 10.5. The van der Waals surface area contributed by atoms with E-state index in [1.807, 2.05) is 47.8 Å². The van der Waals surface area contributed by atoms with Crippen LogP contribution in [0.4, 0.5) is 0 Å². The monoisotopic (exact) mass is 472 g/mol. The molecule has 1 aromatic carbocycles. The third-order valence-electron chi connectivity index (χ3n) is 6.36. The maximum Gasteiger partial charge on any atom is 0.150 e. The Morgan fingerprint density at radius 1 is 1.15 bits per heavy atom. The van der Waals surface area contributed by atoms with Crippen molar-refractivity contribution in [2.75, 3.05) is 6.26 Å². The van der Waals surface area contributed by atoms with Gasteiger partial charge in [-0.25, -0.2) is 0 Å². The topological polar surface area (TPSA) is 34.1 Å². The molecule has 4 rings (SSSR count). The third kappa shape index (κ3) is 5.13. The van der Waals surface area contributed by atoms with Crippen molar-refractivity contribution in [3.05, 3.63) is 98.8 Å². The molecular weight excluding hydrogens is 444 g/mol. The number of rotatable bonds is 8. The van der Waals surface area contributed by atoms with Crippen LogP contribution in [0.1, 0.15) is 46.5 Å². The Morgan fingerprint density at radius 2 is 1.94 bits per heavy atom. The number of benzene rings is 1. The molecule has 1 heterocycles. The number of thiophene rings is 1. The zero-order valence-electron chi connectivity index (χ0n) is 19.1. The van der Waals surface area contributed by atoms with Crippen molar-refractivity contribution in [1.82, 2.24) is 0 Å². The molecule has 0 N–H and O–H groups in total. The van der Waals surface area contributed by atoms with Gasteiger partial charge in [0, 0.05) is 26.8 Å². The molecule has 168 valence electrons. The van der Waals surface area contributed by atoms with E-state index in [0.29, 0.717) is 11.5 Å². The summed E-state index contributed by atoms with van der Waals surface area (Å²) in [7, 11) is 0. The van der Waals surface area contributed by atoms with Gasteiger partial charge in [-0.1, -0.05) is 49.1 Å². The molecule has 2 aliphatic carbocycles. The molecule has 0 amide bonds. The first kappa shape index (κ1) is 23.5. The number of thioether (sulfide) groups is 1. The van der Waals surface area contributed by atoms with Gasteiger partial charge >= 0.3 is 0 Å². The first-order chi connectivity index (χ1) is 16.0. The van der Waals surface area contributed by atoms with Crippen LogP contribution in [0.25, 0.3) is 16.0 Å². The van der Waals surface area contributed by atoms with Crippen LogP contribution < -0.4 is 0 Å². The van der Waals surface area contributed by atoms with Crippen molar-refractivity contribution in [1.29, 1.82) is 0 Å². The van der Waals surface area contributed by atoms with Gasteiger partial charge in [-0.3, -0.25) is 9.59 Å². The molecule has 0 spiro atoms. The van der Waals surface area contributed by atoms with Gasteiger partial charge in [0.2, 0.25) is 0 Å². The molecule has 33 heavy (non-hydrogen) atoms. The fraction of sp³-hybridized carbons (Fsp3) is 0.241. The summed E-state index contributed by atoms with van der Waals surface area (Å²) in [6.45, 7) is 6.66. The Bertz CT molecular complexity index is 1200. The zero-order chi connectivity index (χ0) is 23.4. The van der Waals surface area contributed by atoms with Crippen LogP contribution in [0.5, 0.6) is 0 Å². The number of hydrogen-bond donors (Lipinski definition) is 0. The Balaban J connectivity index is 1.62. The van der Waals surface area contributed by atoms with Crippen LogP contribution in [0.15, 0.2) is 82.8 Å². The summed E-state index contributed by atoms with van der Waals surface area (Å²) in [6.07, 6.45) is 16.4. The van der Waals surface area contributed by atoms with E-state index in [1.165, 1.54) is 31.4 Å². The summed E-state index contributed by atoms with van der Waals surface area (Å²) in [5, 5.41) is 0. The number of hydrogen-bond acceptors (Lipinski definition) is 4. The fourth-order valence-electron chi connectivity index (χ4n) is 4.56. The van der Waals surface area contributed by atoms with E-state index in [2.05, 4.69) is 38.0 Å². The van der Waals surface area contributed by atoms with E-state index >= 15 is 0 Å². The lowest BCUT2D eigenvalue weighted by atomic mass is 9.93. The Labute approximate surface area is 204 Å². The molecule has 0 aliphatic heterocycles. The SMILES string of the molecule is C=C(/C=C(\SC)C1C=CC(C=O)=CC1)C1=C(c2cc(-c3ccc(C=O)cc3)sc2C)CCC1. The first-order valence-electron chi connectivity index (χ1n) is 11.2. The lowest BCUT2D eigenvalue weighted by Crippen LogP contribution is -2.03. The summed E-state index contributed by atoms with van der Waals surface area (Å²) in [4.78, 5) is 25.8. The normalized spacial score (nSPS) is 18.4. The van der Waals surface area contributed by atoms with Gasteiger partial charge in [0.25, 0.3) is 0 Å². The third-order valence-corrected chi connectivity index (χ3v) is 8.35. The largest absolute Gasteiger partial charge is 0.298 e. The Morgan fingerprint density at radius 3 is 2.58 bits per heavy atom. The van der Waals surface area contributed by atoms with Gasteiger partial charge in [0.15, 0.2) is 0 Å². The lowest BCUT2D eigenvalue weighted by Gasteiger charge is -2.18. The van der Waals surface area contributed by atoms with Gasteiger partial charge in [0.05, 0.1) is 0 Å². The highest BCUT2D eigenvalue weighted by molar-refractivity contribution is 8.02. The molecule has 0 saturated heterocycles. The number of carbonyl (C=O) groups is 2. The molecule has 0 radical (unpaired) electrons. The van der Waals surface area contributed by atoms with Gasteiger partial charge in [0.1, 0.15) is 12.6 Å². The van der Waals surface area contributed by atoms with E-state index in [0.717, 1.165) is 55.0 Å². The average molecular weight is 473 g/mol. The van der Waals surface area contributed by atoms with E-state index in [4.69, 9.17) is 0 Å². The van der Waals surface area contributed by atoms with Crippen LogP contribution in [0, 0.1) is 12.8 Å². The summed E-state index contributed by atoms with van der Waals surface area (Å²) in [6, 6.07) is 10.1. The lowest BCUT2D eigenvalue weighted by molar-refractivity contribution is -0.104. The Kier molecular flexibility index (Phi) is 7.46. The minimum Gasteiger partial charge on any atom is -0.298 e. The van der Waals surface area contributed by atoms with Crippen molar-refractivity contribution in [2.24, 2.45) is 5.92 Å². The summed E-state index contributed by atoms with van der Waals surface area (Å²) >= 11 is 3.57. The Hall–Kier alpha value is -2.69. The minimum atomic E-state index is 0.301. The number of aryl methyl sites for hydroxylation is 1. The van der Waals surface area contributed by atoms with Gasteiger partial charge in [-0.2, -0.15) is 0 Å².